The summed E-state index contributed by atoms with van der Waals surface area (Å²) in [7, 11) is 0. The second-order valence-corrected chi connectivity index (χ2v) is 5.91. The molecule has 0 fully saturated rings. The Morgan fingerprint density at radius 2 is 1.32 bits per heavy atom. The molecule has 6 heteroatoms. The Hall–Kier alpha value is -3.80. The zero-order chi connectivity index (χ0) is 19.6. The Balaban J connectivity index is 1.37. The van der Waals surface area contributed by atoms with Crippen LogP contribution in [-0.4, -0.2) is 18.6 Å². The Kier molecular flexibility index (Phi) is 6.62. The highest BCUT2D eigenvalue weighted by molar-refractivity contribution is 5.80. The molecule has 2 N–H and O–H groups in total. The fourth-order valence-corrected chi connectivity index (χ4v) is 2.44. The van der Waals surface area contributed by atoms with Crippen LogP contribution in [0.2, 0.25) is 0 Å². The van der Waals surface area contributed by atoms with E-state index in [9.17, 15) is 9.59 Å². The average molecular weight is 376 g/mol. The third-order valence-corrected chi connectivity index (χ3v) is 3.85. The molecule has 0 saturated heterocycles. The van der Waals surface area contributed by atoms with Gasteiger partial charge in [-0.25, -0.2) is 10.2 Å². The van der Waals surface area contributed by atoms with Crippen molar-refractivity contribution < 1.29 is 19.1 Å². The predicted molar refractivity (Wildman–Crippen MR) is 105 cm³/mol. The second-order valence-electron chi connectivity index (χ2n) is 5.91. The Labute approximate surface area is 163 Å². The molecule has 0 heterocycles. The first-order valence-corrected chi connectivity index (χ1v) is 8.74. The van der Waals surface area contributed by atoms with Crippen LogP contribution in [0.1, 0.15) is 5.56 Å². The molecule has 0 aliphatic rings. The smallest absolute Gasteiger partial charge is 0.426 e. The summed E-state index contributed by atoms with van der Waals surface area (Å²) in [6.07, 6.45) is -0.746. The van der Waals surface area contributed by atoms with Crippen molar-refractivity contribution in [3.8, 4) is 16.9 Å². The first kappa shape index (κ1) is 19.0. The fourth-order valence-electron chi connectivity index (χ4n) is 2.44. The maximum atomic E-state index is 11.8. The highest BCUT2D eigenvalue weighted by atomic mass is 16.6. The standard InChI is InChI=1S/C22H20N2O4/c25-21(23-24-22(26)28-15-17-7-3-1-4-8-17)16-27-20-13-11-19(12-14-20)18-9-5-2-6-10-18/h1-14H,15-16H2,(H,23,25)(H,24,26). The van der Waals surface area contributed by atoms with Gasteiger partial charge in [-0.15, -0.1) is 0 Å². The minimum atomic E-state index is -0.746. The van der Waals surface area contributed by atoms with Gasteiger partial charge in [-0.1, -0.05) is 72.8 Å². The lowest BCUT2D eigenvalue weighted by Crippen LogP contribution is -2.44. The Morgan fingerprint density at radius 3 is 2.00 bits per heavy atom. The van der Waals surface area contributed by atoms with E-state index in [1.807, 2.05) is 72.8 Å². The van der Waals surface area contributed by atoms with Crippen LogP contribution >= 0.6 is 0 Å². The number of ether oxygens (including phenoxy) is 2. The van der Waals surface area contributed by atoms with Crippen molar-refractivity contribution in [1.82, 2.24) is 10.9 Å². The summed E-state index contributed by atoms with van der Waals surface area (Å²) < 4.78 is 10.4. The average Bonchev–Trinajstić information content (AvgIpc) is 2.76. The molecule has 0 aliphatic heterocycles. The normalized spacial score (nSPS) is 10.0. The van der Waals surface area contributed by atoms with Gasteiger partial charge < -0.3 is 9.47 Å². The van der Waals surface area contributed by atoms with Crippen molar-refractivity contribution in [3.63, 3.8) is 0 Å². The van der Waals surface area contributed by atoms with E-state index in [1.54, 1.807) is 12.1 Å². The van der Waals surface area contributed by atoms with Gasteiger partial charge >= 0.3 is 6.09 Å². The monoisotopic (exact) mass is 376 g/mol. The minimum Gasteiger partial charge on any atom is -0.484 e. The van der Waals surface area contributed by atoms with Gasteiger partial charge in [0.25, 0.3) is 5.91 Å². The van der Waals surface area contributed by atoms with Gasteiger partial charge in [0.15, 0.2) is 6.61 Å². The van der Waals surface area contributed by atoms with Gasteiger partial charge in [-0.2, -0.15) is 0 Å². The van der Waals surface area contributed by atoms with Gasteiger partial charge in [0.2, 0.25) is 0 Å². The van der Waals surface area contributed by atoms with Crippen LogP contribution in [-0.2, 0) is 16.1 Å². The molecular weight excluding hydrogens is 356 g/mol. The molecule has 0 saturated carbocycles. The molecular formula is C22H20N2O4. The third kappa shape index (κ3) is 5.88. The van der Waals surface area contributed by atoms with E-state index in [0.29, 0.717) is 5.75 Å². The number of amides is 2. The third-order valence-electron chi connectivity index (χ3n) is 3.85. The molecule has 3 aromatic rings. The number of benzene rings is 3. The zero-order valence-corrected chi connectivity index (χ0v) is 15.1. The number of nitrogens with one attached hydrogen (secondary N) is 2. The van der Waals surface area contributed by atoms with Gasteiger partial charge in [0.05, 0.1) is 0 Å². The highest BCUT2D eigenvalue weighted by Gasteiger charge is 2.07. The molecule has 0 aromatic heterocycles. The predicted octanol–water partition coefficient (Wildman–Crippen LogP) is 3.69. The summed E-state index contributed by atoms with van der Waals surface area (Å²) in [6, 6.07) is 26.6. The largest absolute Gasteiger partial charge is 0.484 e. The molecule has 6 nitrogen and oxygen atoms in total. The molecule has 3 aromatic carbocycles. The summed E-state index contributed by atoms with van der Waals surface area (Å²) in [5.41, 5.74) is 7.43. The summed E-state index contributed by atoms with van der Waals surface area (Å²) in [5.74, 6) is 0.0604. The highest BCUT2D eigenvalue weighted by Crippen LogP contribution is 2.21. The van der Waals surface area contributed by atoms with Crippen molar-refractivity contribution in [3.05, 3.63) is 90.5 Å². The lowest BCUT2D eigenvalue weighted by molar-refractivity contribution is -0.124. The first-order chi connectivity index (χ1) is 13.7. The van der Waals surface area contributed by atoms with Gasteiger partial charge in [-0.3, -0.25) is 10.2 Å². The molecule has 0 aliphatic carbocycles. The number of hydrogen-bond acceptors (Lipinski definition) is 4. The fraction of sp³-hybridized carbons (Fsp3) is 0.0909. The van der Waals surface area contributed by atoms with Crippen LogP contribution in [0.5, 0.6) is 5.75 Å². The second kappa shape index (κ2) is 9.78. The van der Waals surface area contributed by atoms with E-state index >= 15 is 0 Å². The van der Waals surface area contributed by atoms with Crippen molar-refractivity contribution in [1.29, 1.82) is 0 Å². The van der Waals surface area contributed by atoms with Gasteiger partial charge in [0.1, 0.15) is 12.4 Å². The van der Waals surface area contributed by atoms with E-state index in [0.717, 1.165) is 16.7 Å². The topological polar surface area (TPSA) is 76.7 Å². The molecule has 2 amide bonds. The number of rotatable bonds is 6. The molecule has 0 atom stereocenters. The van der Waals surface area contributed by atoms with Crippen LogP contribution in [0.4, 0.5) is 4.79 Å². The van der Waals surface area contributed by atoms with E-state index < -0.39 is 12.0 Å². The lowest BCUT2D eigenvalue weighted by atomic mass is 10.1. The molecule has 28 heavy (non-hydrogen) atoms. The van der Waals surface area contributed by atoms with Crippen molar-refractivity contribution in [2.45, 2.75) is 6.61 Å². The van der Waals surface area contributed by atoms with E-state index in [4.69, 9.17) is 9.47 Å². The SMILES string of the molecule is O=C(COc1ccc(-c2ccccc2)cc1)NNC(=O)OCc1ccccc1. The molecule has 142 valence electrons. The van der Waals surface area contributed by atoms with Crippen LogP contribution in [0, 0.1) is 0 Å². The zero-order valence-electron chi connectivity index (χ0n) is 15.1. The summed E-state index contributed by atoms with van der Waals surface area (Å²) in [4.78, 5) is 23.4. The van der Waals surface area contributed by atoms with Crippen LogP contribution < -0.4 is 15.6 Å². The molecule has 0 spiro atoms. The molecule has 0 radical (unpaired) electrons. The van der Waals surface area contributed by atoms with Crippen LogP contribution in [0.15, 0.2) is 84.9 Å². The van der Waals surface area contributed by atoms with Crippen molar-refractivity contribution in [2.75, 3.05) is 6.61 Å². The number of hydrogen-bond donors (Lipinski definition) is 2. The summed E-state index contributed by atoms with van der Waals surface area (Å²) in [5, 5.41) is 0. The Morgan fingerprint density at radius 1 is 0.714 bits per heavy atom. The van der Waals surface area contributed by atoms with Gasteiger partial charge in [-0.05, 0) is 28.8 Å². The van der Waals surface area contributed by atoms with E-state index in [-0.39, 0.29) is 13.2 Å². The molecule has 0 unspecified atom stereocenters. The van der Waals surface area contributed by atoms with E-state index in [2.05, 4.69) is 10.9 Å². The number of carbonyl (C=O) groups excluding carboxylic acids is 2. The molecule has 0 bridgehead atoms. The summed E-state index contributed by atoms with van der Waals surface area (Å²) >= 11 is 0. The number of carbonyl (C=O) groups is 2. The van der Waals surface area contributed by atoms with Gasteiger partial charge in [0, 0.05) is 0 Å². The maximum absolute atomic E-state index is 11.8. The Bertz CT molecular complexity index is 897. The quantitative estimate of drug-likeness (QED) is 0.644. The van der Waals surface area contributed by atoms with Crippen LogP contribution in [0.3, 0.4) is 0 Å². The number of hydrazine groups is 1. The first-order valence-electron chi connectivity index (χ1n) is 8.74. The van der Waals surface area contributed by atoms with Crippen molar-refractivity contribution >= 4 is 12.0 Å². The van der Waals surface area contributed by atoms with Crippen LogP contribution in [0.25, 0.3) is 11.1 Å². The lowest BCUT2D eigenvalue weighted by Gasteiger charge is -2.10. The maximum Gasteiger partial charge on any atom is 0.426 e. The van der Waals surface area contributed by atoms with E-state index in [1.165, 1.54) is 0 Å². The molecule has 3 rings (SSSR count). The summed E-state index contributed by atoms with van der Waals surface area (Å²) in [6.45, 7) is -0.115. The van der Waals surface area contributed by atoms with Crippen molar-refractivity contribution in [2.24, 2.45) is 0 Å². The minimum absolute atomic E-state index is 0.118.